The number of rotatable bonds is 4. The molecule has 1 N–H and O–H groups in total. The van der Waals surface area contributed by atoms with Crippen molar-refractivity contribution >= 4 is 0 Å². The molecule has 0 amide bonds. The van der Waals surface area contributed by atoms with Gasteiger partial charge in [0.15, 0.2) is 0 Å². The normalized spacial score (nSPS) is 10.8. The molecule has 0 saturated carbocycles. The molecular formula is C14H19N3. The first kappa shape index (κ1) is 11.9. The standard InChI is InChI=1S/C14H19N3/c1-11-6-12(2)8-13(7-11)9-15-10-14-4-5-17(3)16-14/h4-8,15H,9-10H2,1-3H3. The smallest absolute Gasteiger partial charge is 0.0762 e. The number of aryl methyl sites for hydroxylation is 3. The van der Waals surface area contributed by atoms with E-state index in [-0.39, 0.29) is 0 Å². The minimum Gasteiger partial charge on any atom is -0.307 e. The highest BCUT2D eigenvalue weighted by atomic mass is 15.3. The van der Waals surface area contributed by atoms with Gasteiger partial charge in [0.2, 0.25) is 0 Å². The lowest BCUT2D eigenvalue weighted by Gasteiger charge is -2.06. The molecule has 90 valence electrons. The zero-order valence-corrected chi connectivity index (χ0v) is 10.7. The molecule has 3 nitrogen and oxygen atoms in total. The lowest BCUT2D eigenvalue weighted by Crippen LogP contribution is -2.13. The number of hydrogen-bond acceptors (Lipinski definition) is 2. The van der Waals surface area contributed by atoms with Crippen molar-refractivity contribution in [3.8, 4) is 0 Å². The van der Waals surface area contributed by atoms with Crippen LogP contribution in [0.2, 0.25) is 0 Å². The quantitative estimate of drug-likeness (QED) is 0.872. The van der Waals surface area contributed by atoms with E-state index in [1.165, 1.54) is 16.7 Å². The van der Waals surface area contributed by atoms with Crippen LogP contribution in [0.1, 0.15) is 22.4 Å². The Morgan fingerprint density at radius 2 is 1.82 bits per heavy atom. The number of nitrogens with zero attached hydrogens (tertiary/aromatic N) is 2. The van der Waals surface area contributed by atoms with Crippen molar-refractivity contribution in [2.24, 2.45) is 7.05 Å². The lowest BCUT2D eigenvalue weighted by atomic mass is 10.1. The second-order valence-electron chi connectivity index (χ2n) is 4.58. The molecule has 1 heterocycles. The van der Waals surface area contributed by atoms with Gasteiger partial charge in [-0.15, -0.1) is 0 Å². The minimum absolute atomic E-state index is 0.813. The van der Waals surface area contributed by atoms with Crippen molar-refractivity contribution in [1.29, 1.82) is 0 Å². The Morgan fingerprint density at radius 1 is 1.12 bits per heavy atom. The Kier molecular flexibility index (Phi) is 3.59. The van der Waals surface area contributed by atoms with Crippen LogP contribution in [-0.2, 0) is 20.1 Å². The molecule has 3 heteroatoms. The fourth-order valence-corrected chi connectivity index (χ4v) is 2.06. The van der Waals surface area contributed by atoms with Crippen LogP contribution in [-0.4, -0.2) is 9.78 Å². The van der Waals surface area contributed by atoms with Crippen LogP contribution in [0.25, 0.3) is 0 Å². The zero-order chi connectivity index (χ0) is 12.3. The van der Waals surface area contributed by atoms with Crippen LogP contribution in [0.4, 0.5) is 0 Å². The minimum atomic E-state index is 0.813. The van der Waals surface area contributed by atoms with E-state index in [1.807, 2.05) is 24.0 Å². The first-order chi connectivity index (χ1) is 8.13. The number of aromatic nitrogens is 2. The Balaban J connectivity index is 1.89. The molecule has 1 aromatic heterocycles. The summed E-state index contributed by atoms with van der Waals surface area (Å²) in [6.45, 7) is 5.97. The third-order valence-corrected chi connectivity index (χ3v) is 2.69. The molecule has 0 fully saturated rings. The fourth-order valence-electron chi connectivity index (χ4n) is 2.06. The molecule has 2 aromatic rings. The highest BCUT2D eigenvalue weighted by Gasteiger charge is 1.98. The van der Waals surface area contributed by atoms with Gasteiger partial charge in [0, 0.05) is 26.3 Å². The largest absolute Gasteiger partial charge is 0.307 e. The van der Waals surface area contributed by atoms with Gasteiger partial charge in [0.25, 0.3) is 0 Å². The molecule has 0 aliphatic carbocycles. The topological polar surface area (TPSA) is 29.9 Å². The van der Waals surface area contributed by atoms with Crippen LogP contribution >= 0.6 is 0 Å². The van der Waals surface area contributed by atoms with Crippen molar-refractivity contribution in [3.63, 3.8) is 0 Å². The van der Waals surface area contributed by atoms with Crippen molar-refractivity contribution in [2.75, 3.05) is 0 Å². The summed E-state index contributed by atoms with van der Waals surface area (Å²) in [5, 5.41) is 7.74. The van der Waals surface area contributed by atoms with E-state index < -0.39 is 0 Å². The van der Waals surface area contributed by atoms with Gasteiger partial charge in [-0.05, 0) is 25.5 Å². The Morgan fingerprint density at radius 3 is 2.41 bits per heavy atom. The Labute approximate surface area is 102 Å². The van der Waals surface area contributed by atoms with Gasteiger partial charge in [-0.1, -0.05) is 29.3 Å². The third-order valence-electron chi connectivity index (χ3n) is 2.69. The Bertz CT molecular complexity index is 480. The van der Waals surface area contributed by atoms with E-state index in [0.29, 0.717) is 0 Å². The molecule has 1 aromatic carbocycles. The summed E-state index contributed by atoms with van der Waals surface area (Å²) in [5.41, 5.74) is 5.05. The van der Waals surface area contributed by atoms with Gasteiger partial charge in [0.05, 0.1) is 5.69 Å². The summed E-state index contributed by atoms with van der Waals surface area (Å²) in [6.07, 6.45) is 1.97. The molecule has 0 bridgehead atoms. The van der Waals surface area contributed by atoms with Gasteiger partial charge >= 0.3 is 0 Å². The summed E-state index contributed by atoms with van der Waals surface area (Å²) >= 11 is 0. The fraction of sp³-hybridized carbons (Fsp3) is 0.357. The van der Waals surface area contributed by atoms with Crippen LogP contribution < -0.4 is 5.32 Å². The van der Waals surface area contributed by atoms with E-state index >= 15 is 0 Å². The molecule has 0 radical (unpaired) electrons. The van der Waals surface area contributed by atoms with E-state index in [9.17, 15) is 0 Å². The van der Waals surface area contributed by atoms with E-state index in [4.69, 9.17) is 0 Å². The van der Waals surface area contributed by atoms with Gasteiger partial charge in [-0.25, -0.2) is 0 Å². The van der Waals surface area contributed by atoms with E-state index in [2.05, 4.69) is 42.5 Å². The first-order valence-corrected chi connectivity index (χ1v) is 5.90. The van der Waals surface area contributed by atoms with Crippen LogP contribution in [0.15, 0.2) is 30.5 Å². The molecular weight excluding hydrogens is 210 g/mol. The lowest BCUT2D eigenvalue weighted by molar-refractivity contribution is 0.656. The van der Waals surface area contributed by atoms with Gasteiger partial charge in [0.1, 0.15) is 0 Å². The number of nitrogens with one attached hydrogen (secondary N) is 1. The molecule has 0 unspecified atom stereocenters. The summed E-state index contributed by atoms with van der Waals surface area (Å²) < 4.78 is 1.83. The molecule has 0 spiro atoms. The van der Waals surface area contributed by atoms with Gasteiger partial charge in [-0.2, -0.15) is 5.10 Å². The van der Waals surface area contributed by atoms with Crippen LogP contribution in [0.3, 0.4) is 0 Å². The summed E-state index contributed by atoms with van der Waals surface area (Å²) in [5.74, 6) is 0. The van der Waals surface area contributed by atoms with Crippen LogP contribution in [0.5, 0.6) is 0 Å². The molecule has 2 rings (SSSR count). The van der Waals surface area contributed by atoms with Gasteiger partial charge < -0.3 is 5.32 Å². The second kappa shape index (κ2) is 5.15. The predicted molar refractivity (Wildman–Crippen MR) is 69.7 cm³/mol. The second-order valence-corrected chi connectivity index (χ2v) is 4.58. The number of hydrogen-bond donors (Lipinski definition) is 1. The molecule has 0 saturated heterocycles. The molecule has 0 aliphatic rings. The SMILES string of the molecule is Cc1cc(C)cc(CNCc2ccn(C)n2)c1. The average Bonchev–Trinajstić information content (AvgIpc) is 2.63. The first-order valence-electron chi connectivity index (χ1n) is 5.90. The van der Waals surface area contributed by atoms with Gasteiger partial charge in [-0.3, -0.25) is 4.68 Å². The van der Waals surface area contributed by atoms with Crippen molar-refractivity contribution in [2.45, 2.75) is 26.9 Å². The number of benzene rings is 1. The highest BCUT2D eigenvalue weighted by Crippen LogP contribution is 2.08. The summed E-state index contributed by atoms with van der Waals surface area (Å²) in [6, 6.07) is 8.67. The summed E-state index contributed by atoms with van der Waals surface area (Å²) in [4.78, 5) is 0. The maximum atomic E-state index is 4.33. The predicted octanol–water partition coefficient (Wildman–Crippen LogP) is 2.33. The van der Waals surface area contributed by atoms with Crippen molar-refractivity contribution in [3.05, 3.63) is 52.8 Å². The average molecular weight is 229 g/mol. The maximum Gasteiger partial charge on any atom is 0.0762 e. The Hall–Kier alpha value is -1.61. The third kappa shape index (κ3) is 3.43. The highest BCUT2D eigenvalue weighted by molar-refractivity contribution is 5.28. The zero-order valence-electron chi connectivity index (χ0n) is 10.7. The van der Waals surface area contributed by atoms with Crippen molar-refractivity contribution in [1.82, 2.24) is 15.1 Å². The monoisotopic (exact) mass is 229 g/mol. The summed E-state index contributed by atoms with van der Waals surface area (Å²) in [7, 11) is 1.94. The van der Waals surface area contributed by atoms with E-state index in [1.54, 1.807) is 0 Å². The maximum absolute atomic E-state index is 4.33. The van der Waals surface area contributed by atoms with Crippen molar-refractivity contribution < 1.29 is 0 Å². The van der Waals surface area contributed by atoms with E-state index in [0.717, 1.165) is 18.8 Å². The van der Waals surface area contributed by atoms with Crippen LogP contribution in [0, 0.1) is 13.8 Å². The molecule has 0 aliphatic heterocycles. The molecule has 0 atom stereocenters. The molecule has 17 heavy (non-hydrogen) atoms.